The van der Waals surface area contributed by atoms with Gasteiger partial charge in [0.05, 0.1) is 6.61 Å². The summed E-state index contributed by atoms with van der Waals surface area (Å²) in [5.74, 6) is 0.419. The van der Waals surface area contributed by atoms with Gasteiger partial charge in [-0.3, -0.25) is 0 Å². The lowest BCUT2D eigenvalue weighted by Gasteiger charge is -2.15. The smallest absolute Gasteiger partial charge is 0.426 e. The van der Waals surface area contributed by atoms with Crippen LogP contribution in [0.1, 0.15) is 37.7 Å². The van der Waals surface area contributed by atoms with Gasteiger partial charge in [0.2, 0.25) is 0 Å². The molecule has 108 valence electrons. The van der Waals surface area contributed by atoms with Crippen molar-refractivity contribution < 1.29 is 19.4 Å². The van der Waals surface area contributed by atoms with Crippen LogP contribution in [0.5, 0.6) is 5.75 Å². The fourth-order valence-electron chi connectivity index (χ4n) is 2.13. The summed E-state index contributed by atoms with van der Waals surface area (Å²) in [7, 11) is 0. The minimum Gasteiger partial charge on any atom is -0.426 e. The Balaban J connectivity index is 1.85. The van der Waals surface area contributed by atoms with E-state index in [2.05, 4.69) is 6.08 Å². The van der Waals surface area contributed by atoms with E-state index in [0.717, 1.165) is 24.8 Å². The van der Waals surface area contributed by atoms with Gasteiger partial charge in [0.1, 0.15) is 11.9 Å². The fraction of sp³-hybridized carbons (Fsp3) is 0.438. The van der Waals surface area contributed by atoms with Gasteiger partial charge in [0.25, 0.3) is 0 Å². The molecule has 2 rings (SSSR count). The Hall–Kier alpha value is -1.81. The molecule has 0 heterocycles. The van der Waals surface area contributed by atoms with E-state index in [9.17, 15) is 4.79 Å². The van der Waals surface area contributed by atoms with Crippen molar-refractivity contribution in [2.75, 3.05) is 0 Å². The van der Waals surface area contributed by atoms with Gasteiger partial charge in [-0.2, -0.15) is 0 Å². The number of ether oxygens (including phenoxy) is 2. The molecule has 0 amide bonds. The Bertz CT molecular complexity index is 450. The highest BCUT2D eigenvalue weighted by Gasteiger charge is 2.14. The minimum atomic E-state index is -0.683. The van der Waals surface area contributed by atoms with Crippen molar-refractivity contribution in [3.63, 3.8) is 0 Å². The van der Waals surface area contributed by atoms with Gasteiger partial charge in [0.15, 0.2) is 0 Å². The lowest BCUT2D eigenvalue weighted by molar-refractivity contribution is 0.0716. The van der Waals surface area contributed by atoms with E-state index < -0.39 is 6.16 Å². The van der Waals surface area contributed by atoms with Crippen LogP contribution in [0, 0.1) is 0 Å². The minimum absolute atomic E-state index is 0.0302. The molecule has 1 aromatic rings. The molecule has 0 saturated carbocycles. The molecule has 0 bridgehead atoms. The molecule has 1 aromatic carbocycles. The first-order valence-electron chi connectivity index (χ1n) is 7.03. The maximum absolute atomic E-state index is 11.7. The van der Waals surface area contributed by atoms with Crippen LogP contribution >= 0.6 is 0 Å². The second-order valence-corrected chi connectivity index (χ2v) is 4.88. The van der Waals surface area contributed by atoms with Crippen LogP contribution < -0.4 is 4.74 Å². The van der Waals surface area contributed by atoms with Crippen LogP contribution in [-0.2, 0) is 11.3 Å². The average Bonchev–Trinajstić information content (AvgIpc) is 2.42. The third-order valence-electron chi connectivity index (χ3n) is 3.26. The van der Waals surface area contributed by atoms with E-state index in [1.54, 1.807) is 24.3 Å². The highest BCUT2D eigenvalue weighted by Crippen LogP contribution is 2.17. The van der Waals surface area contributed by atoms with E-state index in [0.29, 0.717) is 5.75 Å². The number of hydrogen-bond acceptors (Lipinski definition) is 4. The summed E-state index contributed by atoms with van der Waals surface area (Å²) in [5.41, 5.74) is 0.772. The Morgan fingerprint density at radius 1 is 1.20 bits per heavy atom. The number of rotatable bonds is 3. The molecule has 1 aliphatic rings. The maximum Gasteiger partial charge on any atom is 0.514 e. The van der Waals surface area contributed by atoms with E-state index in [4.69, 9.17) is 14.6 Å². The summed E-state index contributed by atoms with van der Waals surface area (Å²) < 4.78 is 10.4. The molecule has 4 nitrogen and oxygen atoms in total. The summed E-state index contributed by atoms with van der Waals surface area (Å²) in [6.45, 7) is -0.0302. The van der Waals surface area contributed by atoms with Gasteiger partial charge < -0.3 is 14.6 Å². The first kappa shape index (κ1) is 14.6. The number of hydrogen-bond donors (Lipinski definition) is 1. The number of carbonyl (C=O) groups is 1. The molecule has 0 radical (unpaired) electrons. The van der Waals surface area contributed by atoms with Crippen molar-refractivity contribution in [2.24, 2.45) is 0 Å². The van der Waals surface area contributed by atoms with Crippen LogP contribution in [0.4, 0.5) is 4.79 Å². The molecule has 0 aromatic heterocycles. The zero-order valence-corrected chi connectivity index (χ0v) is 11.5. The average molecular weight is 276 g/mol. The summed E-state index contributed by atoms with van der Waals surface area (Å²) in [6.07, 6.45) is 8.44. The Morgan fingerprint density at radius 3 is 2.75 bits per heavy atom. The first-order chi connectivity index (χ1) is 9.78. The summed E-state index contributed by atoms with van der Waals surface area (Å²) >= 11 is 0. The number of aliphatic hydroxyl groups excluding tert-OH is 1. The van der Waals surface area contributed by atoms with E-state index in [1.165, 1.54) is 12.8 Å². The van der Waals surface area contributed by atoms with Crippen molar-refractivity contribution >= 4 is 6.16 Å². The van der Waals surface area contributed by atoms with Crippen LogP contribution in [-0.4, -0.2) is 17.4 Å². The van der Waals surface area contributed by atoms with E-state index in [1.807, 2.05) is 6.08 Å². The van der Waals surface area contributed by atoms with Crippen molar-refractivity contribution in [1.82, 2.24) is 0 Å². The molecular formula is C16H20O4. The van der Waals surface area contributed by atoms with Crippen LogP contribution in [0.3, 0.4) is 0 Å². The predicted octanol–water partition coefficient (Wildman–Crippen LogP) is 3.58. The van der Waals surface area contributed by atoms with Crippen LogP contribution in [0.2, 0.25) is 0 Å². The van der Waals surface area contributed by atoms with Crippen molar-refractivity contribution in [3.8, 4) is 5.75 Å². The van der Waals surface area contributed by atoms with Gasteiger partial charge in [-0.1, -0.05) is 24.6 Å². The molecular weight excluding hydrogens is 256 g/mol. The van der Waals surface area contributed by atoms with Crippen LogP contribution in [0.15, 0.2) is 36.4 Å². The maximum atomic E-state index is 11.7. The third-order valence-corrected chi connectivity index (χ3v) is 3.26. The first-order valence-corrected chi connectivity index (χ1v) is 7.03. The zero-order chi connectivity index (χ0) is 14.2. The fourth-order valence-corrected chi connectivity index (χ4v) is 2.13. The van der Waals surface area contributed by atoms with Gasteiger partial charge in [0, 0.05) is 0 Å². The highest BCUT2D eigenvalue weighted by atomic mass is 16.7. The topological polar surface area (TPSA) is 55.8 Å². The third kappa shape index (κ3) is 4.70. The van der Waals surface area contributed by atoms with Gasteiger partial charge >= 0.3 is 6.16 Å². The Kier molecular flexibility index (Phi) is 5.62. The van der Waals surface area contributed by atoms with E-state index >= 15 is 0 Å². The quantitative estimate of drug-likeness (QED) is 0.521. The molecule has 1 unspecified atom stereocenters. The van der Waals surface area contributed by atoms with Gasteiger partial charge in [-0.15, -0.1) is 0 Å². The van der Waals surface area contributed by atoms with Crippen LogP contribution in [0.25, 0.3) is 0 Å². The standard InChI is InChI=1S/C16H20O4/c17-12-13-8-10-15(11-9-13)20-16(18)19-14-6-4-2-1-3-5-7-14/h4,6,8-11,14,17H,1-3,5,7,12H2. The summed E-state index contributed by atoms with van der Waals surface area (Å²) in [4.78, 5) is 11.7. The lowest BCUT2D eigenvalue weighted by Crippen LogP contribution is -2.19. The Morgan fingerprint density at radius 2 is 2.00 bits per heavy atom. The van der Waals surface area contributed by atoms with Crippen molar-refractivity contribution in [3.05, 3.63) is 42.0 Å². The molecule has 1 N–H and O–H groups in total. The lowest BCUT2D eigenvalue weighted by atomic mass is 10.0. The molecule has 4 heteroatoms. The summed E-state index contributed by atoms with van der Waals surface area (Å²) in [5, 5.41) is 8.94. The highest BCUT2D eigenvalue weighted by molar-refractivity contribution is 5.64. The monoisotopic (exact) mass is 276 g/mol. The number of carbonyl (C=O) groups excluding carboxylic acids is 1. The zero-order valence-electron chi connectivity index (χ0n) is 11.5. The molecule has 0 saturated heterocycles. The molecule has 20 heavy (non-hydrogen) atoms. The second-order valence-electron chi connectivity index (χ2n) is 4.88. The molecule has 0 spiro atoms. The summed E-state index contributed by atoms with van der Waals surface area (Å²) in [6, 6.07) is 6.69. The SMILES string of the molecule is O=C(Oc1ccc(CO)cc1)OC1C=CCCCCC1. The van der Waals surface area contributed by atoms with Crippen molar-refractivity contribution in [1.29, 1.82) is 0 Å². The predicted molar refractivity (Wildman–Crippen MR) is 75.5 cm³/mol. The number of allylic oxidation sites excluding steroid dienone is 1. The molecule has 0 fully saturated rings. The van der Waals surface area contributed by atoms with E-state index in [-0.39, 0.29) is 12.7 Å². The number of aliphatic hydroxyl groups is 1. The van der Waals surface area contributed by atoms with Gasteiger partial charge in [-0.25, -0.2) is 4.79 Å². The molecule has 1 aliphatic carbocycles. The van der Waals surface area contributed by atoms with Crippen molar-refractivity contribution in [2.45, 2.75) is 44.8 Å². The molecule has 1 atom stereocenters. The Labute approximate surface area is 119 Å². The molecule has 0 aliphatic heterocycles. The largest absolute Gasteiger partial charge is 0.514 e. The number of benzene rings is 1. The normalized spacial score (nSPS) is 18.9. The second kappa shape index (κ2) is 7.70. The van der Waals surface area contributed by atoms with Gasteiger partial charge in [-0.05, 0) is 49.5 Å².